The van der Waals surface area contributed by atoms with Gasteiger partial charge in [0.2, 0.25) is 0 Å². The van der Waals surface area contributed by atoms with Gasteiger partial charge in [-0.3, -0.25) is 0 Å². The maximum Gasteiger partial charge on any atom is 0.115 e. The van der Waals surface area contributed by atoms with Crippen molar-refractivity contribution in [3.63, 3.8) is 0 Å². The standard InChI is InChI=1S/C16H24N2O/c1-18(13-6-7-13)10-9-17-16-4-2-3-12-5-8-14(19)11-15(12)16/h5,8,11,13,16-17,19H,2-4,6-7,9-10H2,1H3. The van der Waals surface area contributed by atoms with Gasteiger partial charge in [-0.25, -0.2) is 0 Å². The molecule has 0 aromatic heterocycles. The maximum atomic E-state index is 9.66. The van der Waals surface area contributed by atoms with Gasteiger partial charge in [-0.1, -0.05) is 6.07 Å². The molecule has 0 saturated heterocycles. The summed E-state index contributed by atoms with van der Waals surface area (Å²) in [4.78, 5) is 2.46. The van der Waals surface area contributed by atoms with Crippen LogP contribution in [0.4, 0.5) is 0 Å². The van der Waals surface area contributed by atoms with E-state index in [2.05, 4.69) is 23.3 Å². The minimum Gasteiger partial charge on any atom is -0.508 e. The van der Waals surface area contributed by atoms with Crippen LogP contribution in [0.1, 0.15) is 42.9 Å². The van der Waals surface area contributed by atoms with E-state index in [9.17, 15) is 5.11 Å². The van der Waals surface area contributed by atoms with Crippen molar-refractivity contribution < 1.29 is 5.11 Å². The molecule has 1 fully saturated rings. The molecule has 1 unspecified atom stereocenters. The first kappa shape index (κ1) is 12.9. The van der Waals surface area contributed by atoms with Crippen LogP contribution < -0.4 is 5.32 Å². The maximum absolute atomic E-state index is 9.66. The van der Waals surface area contributed by atoms with Gasteiger partial charge >= 0.3 is 0 Å². The summed E-state index contributed by atoms with van der Waals surface area (Å²) in [6.07, 6.45) is 6.32. The minimum atomic E-state index is 0.391. The zero-order valence-electron chi connectivity index (χ0n) is 11.7. The van der Waals surface area contributed by atoms with Gasteiger partial charge in [0, 0.05) is 25.2 Å². The molecule has 2 aliphatic carbocycles. The van der Waals surface area contributed by atoms with E-state index in [0.29, 0.717) is 11.8 Å². The molecule has 1 aromatic rings. The lowest BCUT2D eigenvalue weighted by Crippen LogP contribution is -2.34. The van der Waals surface area contributed by atoms with Gasteiger partial charge in [0.15, 0.2) is 0 Å². The number of nitrogens with one attached hydrogen (secondary N) is 1. The number of phenolic OH excluding ortho intramolecular Hbond substituents is 1. The fourth-order valence-corrected chi connectivity index (χ4v) is 3.11. The van der Waals surface area contributed by atoms with E-state index in [0.717, 1.165) is 25.6 Å². The lowest BCUT2D eigenvalue weighted by atomic mass is 9.87. The predicted molar refractivity (Wildman–Crippen MR) is 77.4 cm³/mol. The van der Waals surface area contributed by atoms with E-state index >= 15 is 0 Å². The number of hydrogen-bond donors (Lipinski definition) is 2. The van der Waals surface area contributed by atoms with Crippen molar-refractivity contribution in [1.82, 2.24) is 10.2 Å². The number of rotatable bonds is 5. The molecule has 2 aliphatic rings. The lowest BCUT2D eigenvalue weighted by molar-refractivity contribution is 0.310. The number of phenols is 1. The van der Waals surface area contributed by atoms with Gasteiger partial charge in [0.05, 0.1) is 0 Å². The summed E-state index contributed by atoms with van der Waals surface area (Å²) in [6, 6.07) is 7.08. The van der Waals surface area contributed by atoms with Crippen LogP contribution in [0.25, 0.3) is 0 Å². The van der Waals surface area contributed by atoms with Crippen LogP contribution in [0.15, 0.2) is 18.2 Å². The Morgan fingerprint density at radius 2 is 2.16 bits per heavy atom. The second-order valence-electron chi connectivity index (χ2n) is 5.99. The molecule has 0 amide bonds. The summed E-state index contributed by atoms with van der Waals surface area (Å²) in [7, 11) is 2.22. The van der Waals surface area contributed by atoms with E-state index in [1.54, 1.807) is 0 Å². The third-order valence-corrected chi connectivity index (χ3v) is 4.47. The summed E-state index contributed by atoms with van der Waals surface area (Å²) < 4.78 is 0. The molecule has 0 radical (unpaired) electrons. The van der Waals surface area contributed by atoms with Crippen molar-refractivity contribution in [3.05, 3.63) is 29.3 Å². The zero-order chi connectivity index (χ0) is 13.2. The SMILES string of the molecule is CN(CCNC1CCCc2ccc(O)cc21)C1CC1. The number of benzene rings is 1. The van der Waals surface area contributed by atoms with Crippen LogP contribution in [0.3, 0.4) is 0 Å². The van der Waals surface area contributed by atoms with Crippen molar-refractivity contribution >= 4 is 0 Å². The van der Waals surface area contributed by atoms with Gasteiger partial charge in [-0.15, -0.1) is 0 Å². The highest BCUT2D eigenvalue weighted by atomic mass is 16.3. The summed E-state index contributed by atoms with van der Waals surface area (Å²) in [5.41, 5.74) is 2.71. The molecular weight excluding hydrogens is 236 g/mol. The second kappa shape index (κ2) is 5.51. The number of hydrogen-bond acceptors (Lipinski definition) is 3. The topological polar surface area (TPSA) is 35.5 Å². The molecule has 3 nitrogen and oxygen atoms in total. The third-order valence-electron chi connectivity index (χ3n) is 4.47. The fraction of sp³-hybridized carbons (Fsp3) is 0.625. The van der Waals surface area contributed by atoms with Crippen LogP contribution in [0.5, 0.6) is 5.75 Å². The first-order chi connectivity index (χ1) is 9.24. The molecule has 0 heterocycles. The Morgan fingerprint density at radius 1 is 1.32 bits per heavy atom. The first-order valence-corrected chi connectivity index (χ1v) is 7.49. The van der Waals surface area contributed by atoms with E-state index in [-0.39, 0.29) is 0 Å². The average molecular weight is 260 g/mol. The molecule has 3 rings (SSSR count). The zero-order valence-corrected chi connectivity index (χ0v) is 11.7. The Labute approximate surface area is 115 Å². The quantitative estimate of drug-likeness (QED) is 0.853. The molecule has 1 saturated carbocycles. The number of likely N-dealkylation sites (N-methyl/N-ethyl adjacent to an activating group) is 1. The Bertz CT molecular complexity index is 442. The van der Waals surface area contributed by atoms with Crippen LogP contribution in [-0.4, -0.2) is 36.2 Å². The Morgan fingerprint density at radius 3 is 2.95 bits per heavy atom. The van der Waals surface area contributed by atoms with Crippen LogP contribution in [-0.2, 0) is 6.42 Å². The molecule has 19 heavy (non-hydrogen) atoms. The van der Waals surface area contributed by atoms with Gasteiger partial charge in [-0.05, 0) is 62.4 Å². The smallest absolute Gasteiger partial charge is 0.115 e. The number of aryl methyl sites for hydroxylation is 1. The molecule has 3 heteroatoms. The molecule has 2 N–H and O–H groups in total. The molecule has 0 spiro atoms. The normalized spacial score (nSPS) is 22.5. The molecule has 1 atom stereocenters. The van der Waals surface area contributed by atoms with Crippen molar-refractivity contribution in [2.45, 2.75) is 44.2 Å². The van der Waals surface area contributed by atoms with Crippen molar-refractivity contribution in [2.75, 3.05) is 20.1 Å². The Balaban J connectivity index is 1.58. The van der Waals surface area contributed by atoms with Crippen LogP contribution in [0, 0.1) is 0 Å². The van der Waals surface area contributed by atoms with E-state index < -0.39 is 0 Å². The highest BCUT2D eigenvalue weighted by Gasteiger charge is 2.26. The van der Waals surface area contributed by atoms with Gasteiger partial charge in [-0.2, -0.15) is 0 Å². The molecule has 0 aliphatic heterocycles. The van der Waals surface area contributed by atoms with Gasteiger partial charge < -0.3 is 15.3 Å². The van der Waals surface area contributed by atoms with Crippen molar-refractivity contribution in [1.29, 1.82) is 0 Å². The van der Waals surface area contributed by atoms with Gasteiger partial charge in [0.25, 0.3) is 0 Å². The fourth-order valence-electron chi connectivity index (χ4n) is 3.11. The van der Waals surface area contributed by atoms with Gasteiger partial charge in [0.1, 0.15) is 5.75 Å². The largest absolute Gasteiger partial charge is 0.508 e. The molecule has 1 aromatic carbocycles. The highest BCUT2D eigenvalue weighted by molar-refractivity contribution is 5.38. The van der Waals surface area contributed by atoms with E-state index in [1.807, 2.05) is 12.1 Å². The minimum absolute atomic E-state index is 0.391. The Hall–Kier alpha value is -1.06. The summed E-state index contributed by atoms with van der Waals surface area (Å²) >= 11 is 0. The van der Waals surface area contributed by atoms with Crippen molar-refractivity contribution in [3.8, 4) is 5.75 Å². The summed E-state index contributed by atoms with van der Waals surface area (Å²) in [5.74, 6) is 0.391. The van der Waals surface area contributed by atoms with E-state index in [4.69, 9.17) is 0 Å². The van der Waals surface area contributed by atoms with Crippen LogP contribution in [0.2, 0.25) is 0 Å². The number of nitrogens with zero attached hydrogens (tertiary/aromatic N) is 1. The molecule has 0 bridgehead atoms. The second-order valence-corrected chi connectivity index (χ2v) is 5.99. The summed E-state index contributed by atoms with van der Waals surface area (Å²) in [6.45, 7) is 2.15. The number of fused-ring (bicyclic) bond motifs is 1. The Kier molecular flexibility index (Phi) is 3.76. The van der Waals surface area contributed by atoms with Crippen molar-refractivity contribution in [2.24, 2.45) is 0 Å². The van der Waals surface area contributed by atoms with E-state index in [1.165, 1.54) is 36.8 Å². The number of aromatic hydroxyl groups is 1. The lowest BCUT2D eigenvalue weighted by Gasteiger charge is -2.27. The molecule has 104 valence electrons. The predicted octanol–water partition coefficient (Wildman–Crippen LogP) is 2.45. The highest BCUT2D eigenvalue weighted by Crippen LogP contribution is 2.32. The molecular formula is C16H24N2O. The summed E-state index contributed by atoms with van der Waals surface area (Å²) in [5, 5.41) is 13.3. The monoisotopic (exact) mass is 260 g/mol. The first-order valence-electron chi connectivity index (χ1n) is 7.49. The average Bonchev–Trinajstić information content (AvgIpc) is 3.23. The third kappa shape index (κ3) is 3.10. The van der Waals surface area contributed by atoms with Crippen LogP contribution >= 0.6 is 0 Å².